The summed E-state index contributed by atoms with van der Waals surface area (Å²) < 4.78 is 22.4. The summed E-state index contributed by atoms with van der Waals surface area (Å²) in [7, 11) is 0. The molecular weight excluding hydrogens is 373 g/mol. The number of hydrogen-bond donors (Lipinski definition) is 1. The number of nitrogens with zero attached hydrogens (tertiary/aromatic N) is 4. The van der Waals surface area contributed by atoms with Gasteiger partial charge in [0.1, 0.15) is 11.6 Å². The second-order valence-electron chi connectivity index (χ2n) is 6.30. The van der Waals surface area contributed by atoms with Crippen molar-refractivity contribution in [3.05, 3.63) is 96.3 Å². The van der Waals surface area contributed by atoms with E-state index in [0.717, 1.165) is 5.75 Å². The van der Waals surface area contributed by atoms with Gasteiger partial charge in [-0.25, -0.2) is 9.07 Å². The van der Waals surface area contributed by atoms with Gasteiger partial charge in [0, 0.05) is 18.0 Å². The molecule has 2 aromatic carbocycles. The highest BCUT2D eigenvalue weighted by Gasteiger charge is 2.12. The van der Waals surface area contributed by atoms with Gasteiger partial charge in [-0.3, -0.25) is 9.48 Å². The summed E-state index contributed by atoms with van der Waals surface area (Å²) in [6.07, 6.45) is 4.81. The predicted octanol–water partition coefficient (Wildman–Crippen LogP) is 3.56. The van der Waals surface area contributed by atoms with E-state index in [1.165, 1.54) is 16.9 Å². The van der Waals surface area contributed by atoms with Crippen molar-refractivity contribution in [2.75, 3.05) is 5.32 Å². The van der Waals surface area contributed by atoms with Gasteiger partial charge >= 0.3 is 0 Å². The van der Waals surface area contributed by atoms with Gasteiger partial charge in [0.2, 0.25) is 0 Å². The van der Waals surface area contributed by atoms with Crippen LogP contribution in [-0.4, -0.2) is 25.5 Å². The normalized spacial score (nSPS) is 10.7. The summed E-state index contributed by atoms with van der Waals surface area (Å²) >= 11 is 0. The first-order valence-electron chi connectivity index (χ1n) is 8.96. The van der Waals surface area contributed by atoms with Gasteiger partial charge in [-0.15, -0.1) is 0 Å². The molecule has 0 aliphatic carbocycles. The lowest BCUT2D eigenvalue weighted by molar-refractivity contribution is 0.102. The number of rotatable bonds is 7. The van der Waals surface area contributed by atoms with Crippen molar-refractivity contribution >= 4 is 11.6 Å². The smallest absolute Gasteiger partial charge is 0.276 e. The minimum Gasteiger partial charge on any atom is -0.471 e. The Morgan fingerprint density at radius 1 is 1.03 bits per heavy atom. The number of benzene rings is 2. The molecule has 0 bridgehead atoms. The molecule has 2 heterocycles. The van der Waals surface area contributed by atoms with E-state index in [1.807, 2.05) is 30.3 Å². The average molecular weight is 391 g/mol. The molecular formula is C21H18FN5O2. The second kappa shape index (κ2) is 8.39. The van der Waals surface area contributed by atoms with Gasteiger partial charge in [0.05, 0.1) is 18.4 Å². The Morgan fingerprint density at radius 2 is 1.83 bits per heavy atom. The van der Waals surface area contributed by atoms with Crippen molar-refractivity contribution in [2.24, 2.45) is 0 Å². The fourth-order valence-corrected chi connectivity index (χ4v) is 2.72. The fourth-order valence-electron chi connectivity index (χ4n) is 2.72. The lowest BCUT2D eigenvalue weighted by Crippen LogP contribution is -2.14. The minimum absolute atomic E-state index is 0.192. The third-order valence-corrected chi connectivity index (χ3v) is 4.16. The molecule has 0 aliphatic heterocycles. The van der Waals surface area contributed by atoms with Crippen LogP contribution in [0.5, 0.6) is 5.75 Å². The maximum absolute atomic E-state index is 13.8. The standard InChI is InChI=1S/C21H18FN5O2/c22-19-9-5-4-6-16(19)13-27-14-17(12-23-27)24-21(28)20-10-11-26(25-20)15-29-18-7-2-1-3-8-18/h1-12,14H,13,15H2,(H,24,28). The van der Waals surface area contributed by atoms with E-state index in [1.54, 1.807) is 41.3 Å². The molecule has 1 amide bonds. The monoisotopic (exact) mass is 391 g/mol. The van der Waals surface area contributed by atoms with Crippen LogP contribution in [0.3, 0.4) is 0 Å². The quantitative estimate of drug-likeness (QED) is 0.523. The summed E-state index contributed by atoms with van der Waals surface area (Å²) in [5, 5.41) is 11.1. The lowest BCUT2D eigenvalue weighted by atomic mass is 10.2. The molecule has 0 spiro atoms. The van der Waals surface area contributed by atoms with Crippen LogP contribution in [-0.2, 0) is 13.3 Å². The summed E-state index contributed by atoms with van der Waals surface area (Å²) in [5.74, 6) is 0.0574. The molecule has 0 aliphatic rings. The highest BCUT2D eigenvalue weighted by atomic mass is 19.1. The summed E-state index contributed by atoms with van der Waals surface area (Å²) in [4.78, 5) is 12.4. The molecule has 0 fully saturated rings. The summed E-state index contributed by atoms with van der Waals surface area (Å²) in [6, 6.07) is 17.5. The van der Waals surface area contributed by atoms with Crippen molar-refractivity contribution in [3.8, 4) is 5.75 Å². The molecule has 0 atom stereocenters. The molecule has 8 heteroatoms. The van der Waals surface area contributed by atoms with Gasteiger partial charge in [-0.1, -0.05) is 36.4 Å². The van der Waals surface area contributed by atoms with Crippen molar-refractivity contribution in [2.45, 2.75) is 13.3 Å². The van der Waals surface area contributed by atoms with E-state index in [0.29, 0.717) is 11.3 Å². The molecule has 4 aromatic rings. The van der Waals surface area contributed by atoms with Crippen LogP contribution in [0, 0.1) is 5.82 Å². The third-order valence-electron chi connectivity index (χ3n) is 4.16. The first-order valence-corrected chi connectivity index (χ1v) is 8.96. The number of amides is 1. The number of hydrogen-bond acceptors (Lipinski definition) is 4. The molecule has 0 radical (unpaired) electrons. The van der Waals surface area contributed by atoms with Gasteiger partial charge in [-0.05, 0) is 24.3 Å². The van der Waals surface area contributed by atoms with Crippen LogP contribution in [0.1, 0.15) is 16.1 Å². The largest absolute Gasteiger partial charge is 0.471 e. The van der Waals surface area contributed by atoms with Crippen LogP contribution in [0.15, 0.2) is 79.3 Å². The molecule has 146 valence electrons. The van der Waals surface area contributed by atoms with Crippen molar-refractivity contribution < 1.29 is 13.9 Å². The first-order chi connectivity index (χ1) is 14.2. The van der Waals surface area contributed by atoms with E-state index in [2.05, 4.69) is 15.5 Å². The molecule has 0 saturated heterocycles. The Labute approximate surface area is 166 Å². The molecule has 2 aromatic heterocycles. The molecule has 7 nitrogen and oxygen atoms in total. The Bertz CT molecular complexity index is 1110. The van der Waals surface area contributed by atoms with Crippen LogP contribution in [0.2, 0.25) is 0 Å². The summed E-state index contributed by atoms with van der Waals surface area (Å²) in [5.41, 5.74) is 1.27. The number of ether oxygens (including phenoxy) is 1. The van der Waals surface area contributed by atoms with E-state index >= 15 is 0 Å². The van der Waals surface area contributed by atoms with E-state index in [4.69, 9.17) is 4.74 Å². The Kier molecular flexibility index (Phi) is 5.33. The van der Waals surface area contributed by atoms with Gasteiger partial charge < -0.3 is 10.1 Å². The van der Waals surface area contributed by atoms with Crippen molar-refractivity contribution in [1.82, 2.24) is 19.6 Å². The minimum atomic E-state index is -0.367. The number of nitrogens with one attached hydrogen (secondary N) is 1. The Hall–Kier alpha value is -3.94. The maximum atomic E-state index is 13.8. The van der Waals surface area contributed by atoms with Gasteiger partial charge in [0.25, 0.3) is 5.91 Å². The van der Waals surface area contributed by atoms with Crippen LogP contribution < -0.4 is 10.1 Å². The molecule has 29 heavy (non-hydrogen) atoms. The molecule has 1 N–H and O–H groups in total. The number of halogens is 1. The van der Waals surface area contributed by atoms with Gasteiger partial charge in [0.15, 0.2) is 12.4 Å². The fraction of sp³-hybridized carbons (Fsp3) is 0.0952. The first kappa shape index (κ1) is 18.4. The number of anilines is 1. The van der Waals surface area contributed by atoms with Crippen LogP contribution in [0.4, 0.5) is 10.1 Å². The van der Waals surface area contributed by atoms with Crippen molar-refractivity contribution in [1.29, 1.82) is 0 Å². The second-order valence-corrected chi connectivity index (χ2v) is 6.30. The van der Waals surface area contributed by atoms with E-state index < -0.39 is 0 Å². The highest BCUT2D eigenvalue weighted by Crippen LogP contribution is 2.12. The number of para-hydroxylation sites is 1. The molecule has 0 unspecified atom stereocenters. The average Bonchev–Trinajstić information content (AvgIpc) is 3.39. The zero-order valence-corrected chi connectivity index (χ0v) is 15.4. The third kappa shape index (κ3) is 4.67. The zero-order valence-electron chi connectivity index (χ0n) is 15.4. The SMILES string of the molecule is O=C(Nc1cnn(Cc2ccccc2F)c1)c1ccn(COc2ccccc2)n1. The van der Waals surface area contributed by atoms with Crippen molar-refractivity contribution in [3.63, 3.8) is 0 Å². The number of aromatic nitrogens is 4. The number of carbonyl (C=O) groups excluding carboxylic acids is 1. The van der Waals surface area contributed by atoms with Gasteiger partial charge in [-0.2, -0.15) is 10.2 Å². The predicted molar refractivity (Wildman–Crippen MR) is 105 cm³/mol. The lowest BCUT2D eigenvalue weighted by Gasteiger charge is -2.05. The Morgan fingerprint density at radius 3 is 2.66 bits per heavy atom. The maximum Gasteiger partial charge on any atom is 0.276 e. The highest BCUT2D eigenvalue weighted by molar-refractivity contribution is 6.02. The van der Waals surface area contributed by atoms with E-state index in [9.17, 15) is 9.18 Å². The van der Waals surface area contributed by atoms with Crippen LogP contribution >= 0.6 is 0 Å². The topological polar surface area (TPSA) is 74.0 Å². The summed E-state index contributed by atoms with van der Waals surface area (Å²) in [6.45, 7) is 0.464. The number of carbonyl (C=O) groups is 1. The van der Waals surface area contributed by atoms with E-state index in [-0.39, 0.29) is 30.7 Å². The molecule has 4 rings (SSSR count). The molecule has 0 saturated carbocycles. The Balaban J connectivity index is 1.34. The zero-order chi connectivity index (χ0) is 20.1. The van der Waals surface area contributed by atoms with Crippen LogP contribution in [0.25, 0.3) is 0 Å².